The first-order valence-corrected chi connectivity index (χ1v) is 15.1. The molecular weight excluding hydrogens is 528 g/mol. The lowest BCUT2D eigenvalue weighted by Gasteiger charge is -2.27. The molecule has 4 atom stereocenters. The summed E-state index contributed by atoms with van der Waals surface area (Å²) in [5.41, 5.74) is 5.55. The Bertz CT molecular complexity index is 1430. The molecule has 9 nitrogen and oxygen atoms in total. The number of fused-ring (bicyclic) bond motifs is 1. The molecule has 2 fully saturated rings. The zero-order valence-electron chi connectivity index (χ0n) is 24.5. The Hall–Kier alpha value is -3.98. The highest BCUT2D eigenvalue weighted by atomic mass is 16.5. The topological polar surface area (TPSA) is 101 Å². The van der Waals surface area contributed by atoms with E-state index in [4.69, 9.17) is 4.74 Å². The Morgan fingerprint density at radius 3 is 2.67 bits per heavy atom. The predicted molar refractivity (Wildman–Crippen MR) is 161 cm³/mol. The summed E-state index contributed by atoms with van der Waals surface area (Å²) in [5, 5.41) is 15.0. The van der Waals surface area contributed by atoms with Crippen LogP contribution in [0.25, 0.3) is 6.08 Å². The highest BCUT2D eigenvalue weighted by molar-refractivity contribution is 5.91. The average molecular weight is 569 g/mol. The van der Waals surface area contributed by atoms with Gasteiger partial charge in [0, 0.05) is 26.7 Å². The molecule has 0 saturated carbocycles. The van der Waals surface area contributed by atoms with Crippen LogP contribution in [0.2, 0.25) is 0 Å². The first-order chi connectivity index (χ1) is 20.5. The minimum Gasteiger partial charge on any atom is -0.494 e. The molecule has 2 amide bonds. The Labute approximate surface area is 247 Å². The number of benzene rings is 2. The highest BCUT2D eigenvalue weighted by Gasteiger charge is 2.43. The van der Waals surface area contributed by atoms with Crippen LogP contribution in [0.3, 0.4) is 0 Å². The van der Waals surface area contributed by atoms with Crippen molar-refractivity contribution in [1.82, 2.24) is 30.5 Å². The Kier molecular flexibility index (Phi) is 8.37. The van der Waals surface area contributed by atoms with Crippen LogP contribution < -0.4 is 15.4 Å². The van der Waals surface area contributed by atoms with E-state index in [1.165, 1.54) is 11.1 Å². The number of amides is 2. The molecule has 220 valence electrons. The number of aromatic nitrogens is 3. The van der Waals surface area contributed by atoms with Crippen LogP contribution in [0.15, 0.2) is 60.2 Å². The summed E-state index contributed by atoms with van der Waals surface area (Å²) < 4.78 is 7.41. The van der Waals surface area contributed by atoms with Gasteiger partial charge in [-0.25, -0.2) is 0 Å². The minimum absolute atomic E-state index is 0.0314. The highest BCUT2D eigenvalue weighted by Crippen LogP contribution is 2.32. The molecule has 2 N–H and O–H groups in total. The van der Waals surface area contributed by atoms with Gasteiger partial charge in [0.15, 0.2) is 0 Å². The predicted octanol–water partition coefficient (Wildman–Crippen LogP) is 3.27. The standard InChI is InChI=1S/C33H40N6O3/c1-3-42-27-12-9-22(10-13-27)15-24-17-31(32(40)35-19-23-11-14-30-28(16-23)36-37-38(30)2)39(21-24)33(41)29-18-26(20-34-29)25-7-5-4-6-8-25/h4-10,12-13,16,24,26,29,31,34H,3,11,14-15,17-21H2,1-2H3,(H,35,40). The van der Waals surface area contributed by atoms with E-state index in [1.807, 2.05) is 60.0 Å². The first-order valence-electron chi connectivity index (χ1n) is 15.1. The van der Waals surface area contributed by atoms with Gasteiger partial charge in [-0.2, -0.15) is 0 Å². The zero-order chi connectivity index (χ0) is 29.1. The lowest BCUT2D eigenvalue weighted by molar-refractivity contribution is -0.139. The van der Waals surface area contributed by atoms with E-state index in [0.29, 0.717) is 32.0 Å². The zero-order valence-corrected chi connectivity index (χ0v) is 24.5. The van der Waals surface area contributed by atoms with Crippen LogP contribution >= 0.6 is 0 Å². The maximum absolute atomic E-state index is 13.9. The number of hydrogen-bond acceptors (Lipinski definition) is 6. The van der Waals surface area contributed by atoms with Crippen LogP contribution in [-0.4, -0.2) is 70.0 Å². The Morgan fingerprint density at radius 1 is 1.07 bits per heavy atom. The van der Waals surface area contributed by atoms with Gasteiger partial charge in [-0.05, 0) is 85.8 Å². The smallest absolute Gasteiger partial charge is 0.243 e. The fraction of sp³-hybridized carbons (Fsp3) is 0.455. The van der Waals surface area contributed by atoms with Crippen molar-refractivity contribution >= 4 is 17.9 Å². The van der Waals surface area contributed by atoms with Crippen LogP contribution in [0.5, 0.6) is 5.75 Å². The van der Waals surface area contributed by atoms with Crippen molar-refractivity contribution in [3.63, 3.8) is 0 Å². The molecule has 1 aliphatic carbocycles. The lowest BCUT2D eigenvalue weighted by atomic mass is 9.96. The lowest BCUT2D eigenvalue weighted by Crippen LogP contribution is -2.51. The second-order valence-corrected chi connectivity index (χ2v) is 11.8. The van der Waals surface area contributed by atoms with Gasteiger partial charge in [0.2, 0.25) is 11.8 Å². The summed E-state index contributed by atoms with van der Waals surface area (Å²) in [6.45, 7) is 4.40. The Morgan fingerprint density at radius 2 is 1.88 bits per heavy atom. The van der Waals surface area contributed by atoms with E-state index < -0.39 is 6.04 Å². The van der Waals surface area contributed by atoms with Gasteiger partial charge in [0.25, 0.3) is 0 Å². The van der Waals surface area contributed by atoms with Crippen molar-refractivity contribution in [1.29, 1.82) is 0 Å². The monoisotopic (exact) mass is 568 g/mol. The van der Waals surface area contributed by atoms with Crippen molar-refractivity contribution in [3.8, 4) is 5.75 Å². The van der Waals surface area contributed by atoms with Gasteiger partial charge >= 0.3 is 0 Å². The molecule has 3 aliphatic rings. The number of rotatable bonds is 9. The molecule has 0 radical (unpaired) electrons. The van der Waals surface area contributed by atoms with Crippen LogP contribution in [0.1, 0.15) is 54.6 Å². The number of carbonyl (C=O) groups excluding carboxylic acids is 2. The van der Waals surface area contributed by atoms with Crippen molar-refractivity contribution in [2.75, 3.05) is 26.2 Å². The number of nitrogens with zero attached hydrogens (tertiary/aromatic N) is 4. The molecule has 3 heterocycles. The first kappa shape index (κ1) is 28.2. The number of hydrogen-bond donors (Lipinski definition) is 2. The largest absolute Gasteiger partial charge is 0.494 e. The molecule has 1 aromatic heterocycles. The number of nitrogens with one attached hydrogen (secondary N) is 2. The molecule has 2 aliphatic heterocycles. The van der Waals surface area contributed by atoms with Crippen molar-refractivity contribution < 1.29 is 14.3 Å². The number of likely N-dealkylation sites (tertiary alicyclic amines) is 1. The summed E-state index contributed by atoms with van der Waals surface area (Å²) in [5.74, 6) is 1.29. The quantitative estimate of drug-likeness (QED) is 0.411. The van der Waals surface area contributed by atoms with Crippen LogP contribution in [-0.2, 0) is 29.5 Å². The SMILES string of the molecule is CCOc1ccc(CC2CC(C(=O)NCC3=Cc4nnn(C)c4CC3)N(C(=O)C3CC(c4ccccc4)CN3)C2)cc1. The maximum Gasteiger partial charge on any atom is 0.243 e. The minimum atomic E-state index is -0.487. The molecule has 6 rings (SSSR count). The molecule has 2 aromatic carbocycles. The summed E-state index contributed by atoms with van der Waals surface area (Å²) in [6.07, 6.45) is 5.94. The van der Waals surface area contributed by atoms with E-state index in [0.717, 1.165) is 54.9 Å². The average Bonchev–Trinajstić information content (AvgIpc) is 3.76. The van der Waals surface area contributed by atoms with Gasteiger partial charge in [-0.1, -0.05) is 47.7 Å². The number of carbonyl (C=O) groups is 2. The number of ether oxygens (including phenoxy) is 1. The van der Waals surface area contributed by atoms with Crippen molar-refractivity contribution in [2.24, 2.45) is 13.0 Å². The Balaban J connectivity index is 1.14. The van der Waals surface area contributed by atoms with Gasteiger partial charge < -0.3 is 20.3 Å². The van der Waals surface area contributed by atoms with Gasteiger partial charge in [-0.3, -0.25) is 14.3 Å². The van der Waals surface area contributed by atoms with Crippen molar-refractivity contribution in [2.45, 2.75) is 57.0 Å². The molecule has 3 aromatic rings. The van der Waals surface area contributed by atoms with Crippen LogP contribution in [0.4, 0.5) is 0 Å². The molecule has 0 spiro atoms. The molecule has 42 heavy (non-hydrogen) atoms. The fourth-order valence-corrected chi connectivity index (χ4v) is 6.68. The third-order valence-electron chi connectivity index (χ3n) is 8.92. The third kappa shape index (κ3) is 6.11. The van der Waals surface area contributed by atoms with E-state index in [9.17, 15) is 9.59 Å². The summed E-state index contributed by atoms with van der Waals surface area (Å²) in [4.78, 5) is 29.4. The van der Waals surface area contributed by atoms with E-state index >= 15 is 0 Å². The second kappa shape index (κ2) is 12.5. The van der Waals surface area contributed by atoms with E-state index in [-0.39, 0.29) is 23.8 Å². The number of aryl methyl sites for hydroxylation is 1. The van der Waals surface area contributed by atoms with E-state index in [2.05, 4.69) is 45.2 Å². The molecule has 4 unspecified atom stereocenters. The summed E-state index contributed by atoms with van der Waals surface area (Å²) >= 11 is 0. The fourth-order valence-electron chi connectivity index (χ4n) is 6.68. The molecule has 2 saturated heterocycles. The van der Waals surface area contributed by atoms with E-state index in [1.54, 1.807) is 0 Å². The third-order valence-corrected chi connectivity index (χ3v) is 8.92. The molecule has 9 heteroatoms. The maximum atomic E-state index is 13.9. The summed E-state index contributed by atoms with van der Waals surface area (Å²) in [7, 11) is 1.91. The van der Waals surface area contributed by atoms with Crippen LogP contribution in [0, 0.1) is 5.92 Å². The van der Waals surface area contributed by atoms with Gasteiger partial charge in [0.1, 0.15) is 17.5 Å². The van der Waals surface area contributed by atoms with Gasteiger partial charge in [-0.15, -0.1) is 5.10 Å². The molecular formula is C33H40N6O3. The normalized spacial score (nSPS) is 23.4. The van der Waals surface area contributed by atoms with Crippen molar-refractivity contribution in [3.05, 3.63) is 82.7 Å². The second-order valence-electron chi connectivity index (χ2n) is 11.8. The summed E-state index contributed by atoms with van der Waals surface area (Å²) in [6, 6.07) is 17.7. The molecule has 0 bridgehead atoms. The van der Waals surface area contributed by atoms with Gasteiger partial charge in [0.05, 0.1) is 18.3 Å².